The van der Waals surface area contributed by atoms with Crippen molar-refractivity contribution in [2.24, 2.45) is 9.98 Å². The molecule has 0 fully saturated rings. The molecule has 9 aromatic rings. The van der Waals surface area contributed by atoms with Crippen LogP contribution in [0, 0.1) is 0 Å². The maximum atomic E-state index is 6.25. The molecule has 0 saturated carbocycles. The molecule has 6 heteroatoms. The van der Waals surface area contributed by atoms with E-state index >= 15 is 0 Å². The zero-order valence-electron chi connectivity index (χ0n) is 25.6. The van der Waals surface area contributed by atoms with Crippen LogP contribution in [0.2, 0.25) is 0 Å². The molecule has 6 nitrogen and oxygen atoms in total. The monoisotopic (exact) mass is 618 g/mol. The topological polar surface area (TPSA) is 75.9 Å². The molecule has 48 heavy (non-hydrogen) atoms. The number of amidine groups is 2. The van der Waals surface area contributed by atoms with E-state index in [2.05, 4.69) is 90.2 Å². The van der Waals surface area contributed by atoms with Gasteiger partial charge in [-0.1, -0.05) is 109 Å². The van der Waals surface area contributed by atoms with Crippen molar-refractivity contribution < 1.29 is 8.83 Å². The average molecular weight is 619 g/mol. The van der Waals surface area contributed by atoms with Gasteiger partial charge in [0.1, 0.15) is 34.2 Å². The molecular weight excluding hydrogens is 592 g/mol. The first-order chi connectivity index (χ1) is 23.8. The number of furan rings is 2. The number of nitrogens with one attached hydrogen (secondary N) is 1. The van der Waals surface area contributed by atoms with E-state index in [9.17, 15) is 0 Å². The normalized spacial score (nSPS) is 14.9. The first-order valence-corrected chi connectivity index (χ1v) is 16.0. The highest BCUT2D eigenvalue weighted by atomic mass is 16.3. The molecule has 4 heterocycles. The van der Waals surface area contributed by atoms with Crippen LogP contribution < -0.4 is 5.32 Å². The lowest BCUT2D eigenvalue weighted by Gasteiger charge is -2.24. The maximum Gasteiger partial charge on any atom is 0.159 e. The van der Waals surface area contributed by atoms with Crippen LogP contribution in [0.3, 0.4) is 0 Å². The van der Waals surface area contributed by atoms with Gasteiger partial charge >= 0.3 is 0 Å². The van der Waals surface area contributed by atoms with Crippen LogP contribution in [0.5, 0.6) is 0 Å². The molecule has 3 aromatic heterocycles. The van der Waals surface area contributed by atoms with Gasteiger partial charge in [-0.15, -0.1) is 0 Å². The predicted octanol–water partition coefficient (Wildman–Crippen LogP) is 10.2. The molecule has 6 aromatic carbocycles. The molecule has 0 spiro atoms. The van der Waals surface area contributed by atoms with Gasteiger partial charge in [-0.2, -0.15) is 0 Å². The van der Waals surface area contributed by atoms with Gasteiger partial charge in [-0.25, -0.2) is 9.98 Å². The van der Waals surface area contributed by atoms with Gasteiger partial charge in [-0.3, -0.25) is 4.98 Å². The van der Waals surface area contributed by atoms with Gasteiger partial charge < -0.3 is 14.2 Å². The molecule has 1 atom stereocenters. The van der Waals surface area contributed by atoms with Gasteiger partial charge in [-0.05, 0) is 52.2 Å². The summed E-state index contributed by atoms with van der Waals surface area (Å²) in [6, 6.07) is 47.7. The third-order valence-corrected chi connectivity index (χ3v) is 9.21. The van der Waals surface area contributed by atoms with E-state index in [1.54, 1.807) is 6.20 Å². The molecule has 1 aliphatic rings. The number of benzene rings is 6. The molecule has 0 radical (unpaired) electrons. The maximum absolute atomic E-state index is 6.25. The third-order valence-electron chi connectivity index (χ3n) is 9.21. The first-order valence-electron chi connectivity index (χ1n) is 16.0. The summed E-state index contributed by atoms with van der Waals surface area (Å²) in [7, 11) is 0. The number of rotatable bonds is 4. The van der Waals surface area contributed by atoms with Crippen LogP contribution in [0.4, 0.5) is 0 Å². The van der Waals surface area contributed by atoms with Crippen LogP contribution in [-0.4, -0.2) is 16.7 Å². The summed E-state index contributed by atoms with van der Waals surface area (Å²) in [5.74, 6) is 1.25. The Morgan fingerprint density at radius 1 is 0.521 bits per heavy atom. The number of para-hydroxylation sites is 2. The van der Waals surface area contributed by atoms with Crippen molar-refractivity contribution >= 4 is 66.3 Å². The summed E-state index contributed by atoms with van der Waals surface area (Å²) in [5, 5.41) is 10.1. The second-order valence-electron chi connectivity index (χ2n) is 12.0. The molecule has 226 valence electrons. The fourth-order valence-electron chi connectivity index (χ4n) is 6.92. The van der Waals surface area contributed by atoms with E-state index in [1.807, 2.05) is 54.6 Å². The zero-order chi connectivity index (χ0) is 31.6. The Balaban J connectivity index is 1.14. The van der Waals surface area contributed by atoms with E-state index in [0.717, 1.165) is 66.1 Å². The van der Waals surface area contributed by atoms with E-state index < -0.39 is 6.17 Å². The molecule has 0 aliphatic carbocycles. The number of aliphatic imine (C=N–C) groups is 2. The summed E-state index contributed by atoms with van der Waals surface area (Å²) >= 11 is 0. The van der Waals surface area contributed by atoms with Crippen LogP contribution in [-0.2, 0) is 0 Å². The Morgan fingerprint density at radius 3 is 1.98 bits per heavy atom. The molecule has 1 unspecified atom stereocenters. The van der Waals surface area contributed by atoms with E-state index in [4.69, 9.17) is 23.8 Å². The number of fused-ring (bicyclic) bond motifs is 7. The predicted molar refractivity (Wildman–Crippen MR) is 194 cm³/mol. The van der Waals surface area contributed by atoms with Crippen molar-refractivity contribution in [3.63, 3.8) is 0 Å². The highest BCUT2D eigenvalue weighted by Crippen LogP contribution is 2.37. The Bertz CT molecular complexity index is 2770. The summed E-state index contributed by atoms with van der Waals surface area (Å²) in [6.07, 6.45) is 1.32. The summed E-state index contributed by atoms with van der Waals surface area (Å²) in [5.41, 5.74) is 8.15. The van der Waals surface area contributed by atoms with Crippen LogP contribution in [0.15, 0.2) is 165 Å². The second kappa shape index (κ2) is 10.5. The third kappa shape index (κ3) is 4.23. The van der Waals surface area contributed by atoms with E-state index in [1.165, 1.54) is 10.8 Å². The van der Waals surface area contributed by atoms with Crippen molar-refractivity contribution in [1.82, 2.24) is 10.3 Å². The van der Waals surface area contributed by atoms with E-state index in [-0.39, 0.29) is 0 Å². The lowest BCUT2D eigenvalue weighted by Crippen LogP contribution is -2.34. The second-order valence-corrected chi connectivity index (χ2v) is 12.0. The largest absolute Gasteiger partial charge is 0.456 e. The highest BCUT2D eigenvalue weighted by molar-refractivity contribution is 6.21. The van der Waals surface area contributed by atoms with Crippen molar-refractivity contribution in [2.75, 3.05) is 0 Å². The van der Waals surface area contributed by atoms with Crippen LogP contribution in [0.25, 0.3) is 65.8 Å². The van der Waals surface area contributed by atoms with Crippen molar-refractivity contribution in [1.29, 1.82) is 0 Å². The molecule has 1 N–H and O–H groups in total. The minimum Gasteiger partial charge on any atom is -0.456 e. The molecular formula is C42H26N4O2. The number of hydrogen-bond acceptors (Lipinski definition) is 6. The van der Waals surface area contributed by atoms with Crippen LogP contribution >= 0.6 is 0 Å². The van der Waals surface area contributed by atoms with Gasteiger partial charge in [0.25, 0.3) is 0 Å². The number of pyridine rings is 1. The van der Waals surface area contributed by atoms with Crippen molar-refractivity contribution in [3.05, 3.63) is 163 Å². The van der Waals surface area contributed by atoms with Crippen LogP contribution in [0.1, 0.15) is 23.0 Å². The number of aromatic nitrogens is 1. The minimum absolute atomic E-state index is 0.451. The van der Waals surface area contributed by atoms with Gasteiger partial charge in [0.05, 0.1) is 5.39 Å². The molecule has 0 amide bonds. The lowest BCUT2D eigenvalue weighted by molar-refractivity contribution is 0.661. The lowest BCUT2D eigenvalue weighted by atomic mass is 10.00. The minimum atomic E-state index is -0.451. The Kier molecular flexibility index (Phi) is 5.84. The SMILES string of the molecule is c1ccc2cc(-c3ccc(C4=NC(c5cccc6oc7ccccc7c56)NC(c5nccc6oc7ccccc7c56)=N4)cc3)ccc2c1. The fourth-order valence-corrected chi connectivity index (χ4v) is 6.92. The van der Waals surface area contributed by atoms with Gasteiger partial charge in [0, 0.05) is 33.5 Å². The van der Waals surface area contributed by atoms with E-state index in [0.29, 0.717) is 17.4 Å². The quantitative estimate of drug-likeness (QED) is 0.213. The Hall–Kier alpha value is -6.53. The fraction of sp³-hybridized carbons (Fsp3) is 0.0238. The smallest absolute Gasteiger partial charge is 0.159 e. The van der Waals surface area contributed by atoms with Gasteiger partial charge in [0.2, 0.25) is 0 Å². The summed E-state index contributed by atoms with van der Waals surface area (Å²) in [4.78, 5) is 15.2. The summed E-state index contributed by atoms with van der Waals surface area (Å²) < 4.78 is 12.5. The highest BCUT2D eigenvalue weighted by Gasteiger charge is 2.27. The molecule has 0 bridgehead atoms. The standard InChI is InChI=1S/C42H26N4O2/c1-2-9-28-24-29(21-18-25(28)8-1)26-16-19-27(20-17-26)40-44-41(32-12-7-15-35-37(32)30-10-3-5-13-33(30)47-35)46-42(45-40)39-38-31-11-4-6-14-34(31)48-36(38)22-23-43-39/h1-24,41H,(H,44,45,46). The molecule has 0 saturated heterocycles. The molecule has 1 aliphatic heterocycles. The Morgan fingerprint density at radius 2 is 1.17 bits per heavy atom. The average Bonchev–Trinajstić information content (AvgIpc) is 3.73. The first kappa shape index (κ1) is 26.7. The zero-order valence-corrected chi connectivity index (χ0v) is 25.6. The van der Waals surface area contributed by atoms with Gasteiger partial charge in [0.15, 0.2) is 11.7 Å². The Labute approximate surface area is 274 Å². The molecule has 10 rings (SSSR count). The van der Waals surface area contributed by atoms with Crippen molar-refractivity contribution in [2.45, 2.75) is 6.17 Å². The summed E-state index contributed by atoms with van der Waals surface area (Å²) in [6.45, 7) is 0. The number of nitrogens with zero attached hydrogens (tertiary/aromatic N) is 3. The van der Waals surface area contributed by atoms with Crippen molar-refractivity contribution in [3.8, 4) is 11.1 Å². The number of hydrogen-bond donors (Lipinski definition) is 1.